The molecule has 0 spiro atoms. The number of hydrogen-bond donors (Lipinski definition) is 2. The molecule has 0 aliphatic heterocycles. The number of nitro groups is 1. The normalized spacial score (nSPS) is 11.9. The molecule has 1 rings (SSSR count). The molecule has 0 aromatic heterocycles. The highest BCUT2D eigenvalue weighted by molar-refractivity contribution is 5.90. The molecule has 92 valence electrons. The summed E-state index contributed by atoms with van der Waals surface area (Å²) < 4.78 is 4.48. The van der Waals surface area contributed by atoms with Crippen LogP contribution < -0.4 is 11.5 Å². The largest absolute Gasteiger partial charge is 0.465 e. The minimum absolute atomic E-state index is 0.0818. The van der Waals surface area contributed by atoms with Gasteiger partial charge in [0, 0.05) is 24.2 Å². The van der Waals surface area contributed by atoms with Crippen LogP contribution in [0, 0.1) is 10.1 Å². The van der Waals surface area contributed by atoms with Gasteiger partial charge in [-0.2, -0.15) is 0 Å². The van der Waals surface area contributed by atoms with Gasteiger partial charge >= 0.3 is 5.97 Å². The van der Waals surface area contributed by atoms with E-state index in [1.54, 1.807) is 0 Å². The molecule has 7 heteroatoms. The highest BCUT2D eigenvalue weighted by Gasteiger charge is 2.21. The van der Waals surface area contributed by atoms with Crippen molar-refractivity contribution >= 4 is 11.7 Å². The Hall–Kier alpha value is -1.99. The summed E-state index contributed by atoms with van der Waals surface area (Å²) >= 11 is 0. The highest BCUT2D eigenvalue weighted by Crippen LogP contribution is 2.25. The molecule has 0 radical (unpaired) electrons. The van der Waals surface area contributed by atoms with E-state index in [1.807, 2.05) is 0 Å². The van der Waals surface area contributed by atoms with E-state index in [0.717, 1.165) is 6.07 Å². The minimum Gasteiger partial charge on any atom is -0.465 e. The number of nitrogens with two attached hydrogens (primary N) is 2. The van der Waals surface area contributed by atoms with Crippen LogP contribution in [0.1, 0.15) is 22.0 Å². The lowest BCUT2D eigenvalue weighted by atomic mass is 10.0. The molecule has 0 fully saturated rings. The van der Waals surface area contributed by atoms with Gasteiger partial charge in [0.1, 0.15) is 0 Å². The van der Waals surface area contributed by atoms with Gasteiger partial charge in [-0.15, -0.1) is 0 Å². The zero-order valence-corrected chi connectivity index (χ0v) is 9.25. The predicted octanol–water partition coefficient (Wildman–Crippen LogP) is 0.340. The molecule has 7 nitrogen and oxygen atoms in total. The Labute approximate surface area is 97.5 Å². The second kappa shape index (κ2) is 5.37. The molecule has 17 heavy (non-hydrogen) atoms. The number of esters is 1. The van der Waals surface area contributed by atoms with Gasteiger partial charge < -0.3 is 16.2 Å². The van der Waals surface area contributed by atoms with Crippen LogP contribution >= 0.6 is 0 Å². The number of rotatable bonds is 4. The predicted molar refractivity (Wildman–Crippen MR) is 60.4 cm³/mol. The van der Waals surface area contributed by atoms with Gasteiger partial charge in [-0.1, -0.05) is 0 Å². The summed E-state index contributed by atoms with van der Waals surface area (Å²) in [6, 6.07) is 3.34. The fourth-order valence-electron chi connectivity index (χ4n) is 1.39. The third kappa shape index (κ3) is 2.77. The van der Waals surface area contributed by atoms with E-state index >= 15 is 0 Å². The molecule has 0 bridgehead atoms. The van der Waals surface area contributed by atoms with Crippen LogP contribution in [0.15, 0.2) is 18.2 Å². The smallest absolute Gasteiger partial charge is 0.338 e. The monoisotopic (exact) mass is 239 g/mol. The Morgan fingerprint density at radius 3 is 2.71 bits per heavy atom. The fourth-order valence-corrected chi connectivity index (χ4v) is 1.39. The average Bonchev–Trinajstić information content (AvgIpc) is 2.35. The number of methoxy groups -OCH3 is 1. The van der Waals surface area contributed by atoms with Crippen molar-refractivity contribution in [3.63, 3.8) is 0 Å². The summed E-state index contributed by atoms with van der Waals surface area (Å²) in [6.45, 7) is 0.0818. The van der Waals surface area contributed by atoms with Crippen molar-refractivity contribution in [2.75, 3.05) is 13.7 Å². The maximum absolute atomic E-state index is 11.2. The average molecular weight is 239 g/mol. The van der Waals surface area contributed by atoms with Crippen LogP contribution in [0.3, 0.4) is 0 Å². The number of ether oxygens (including phenoxy) is 1. The zero-order valence-electron chi connectivity index (χ0n) is 9.25. The van der Waals surface area contributed by atoms with E-state index in [1.165, 1.54) is 19.2 Å². The Bertz CT molecular complexity index is 447. The van der Waals surface area contributed by atoms with E-state index < -0.39 is 16.9 Å². The topological polar surface area (TPSA) is 121 Å². The van der Waals surface area contributed by atoms with E-state index in [0.29, 0.717) is 5.56 Å². The first kappa shape index (κ1) is 13.1. The molecule has 0 aliphatic carbocycles. The quantitative estimate of drug-likeness (QED) is 0.444. The second-order valence-electron chi connectivity index (χ2n) is 3.36. The van der Waals surface area contributed by atoms with Gasteiger partial charge in [-0.25, -0.2) is 4.79 Å². The van der Waals surface area contributed by atoms with E-state index in [2.05, 4.69) is 4.74 Å². The van der Waals surface area contributed by atoms with Crippen LogP contribution in [0.4, 0.5) is 5.69 Å². The summed E-state index contributed by atoms with van der Waals surface area (Å²) in [4.78, 5) is 21.5. The number of carbonyl (C=O) groups excluding carboxylic acids is 1. The molecular weight excluding hydrogens is 226 g/mol. The van der Waals surface area contributed by atoms with Gasteiger partial charge in [0.25, 0.3) is 5.69 Å². The Kier molecular flexibility index (Phi) is 4.13. The number of nitrogens with zero attached hydrogens (tertiary/aromatic N) is 1. The first-order valence-corrected chi connectivity index (χ1v) is 4.83. The molecule has 0 aliphatic rings. The van der Waals surface area contributed by atoms with Crippen molar-refractivity contribution in [1.82, 2.24) is 0 Å². The zero-order chi connectivity index (χ0) is 13.0. The standard InChI is InChI=1S/C10H13N3O4/c1-17-10(14)6-2-3-7(8(12)5-11)9(4-6)13(15)16/h2-4,8H,5,11-12H2,1H3/t8-/m1/s1. The number of carbonyl (C=O) groups is 1. The number of hydrogen-bond acceptors (Lipinski definition) is 6. The van der Waals surface area contributed by atoms with Crippen LogP contribution in [-0.4, -0.2) is 24.5 Å². The molecule has 0 heterocycles. The van der Waals surface area contributed by atoms with Crippen LogP contribution in [0.25, 0.3) is 0 Å². The fraction of sp³-hybridized carbons (Fsp3) is 0.300. The minimum atomic E-state index is -0.638. The van der Waals surface area contributed by atoms with Crippen LogP contribution in [0.5, 0.6) is 0 Å². The van der Waals surface area contributed by atoms with Crippen molar-refractivity contribution in [3.8, 4) is 0 Å². The number of nitro benzene ring substituents is 1. The van der Waals surface area contributed by atoms with Crippen molar-refractivity contribution in [3.05, 3.63) is 39.4 Å². The van der Waals surface area contributed by atoms with E-state index in [-0.39, 0.29) is 17.8 Å². The van der Waals surface area contributed by atoms with Crippen molar-refractivity contribution in [2.24, 2.45) is 11.5 Å². The lowest BCUT2D eigenvalue weighted by Gasteiger charge is -2.10. The van der Waals surface area contributed by atoms with Crippen molar-refractivity contribution < 1.29 is 14.5 Å². The van der Waals surface area contributed by atoms with Gasteiger partial charge in [-0.05, 0) is 12.1 Å². The number of benzene rings is 1. The van der Waals surface area contributed by atoms with E-state index in [4.69, 9.17) is 11.5 Å². The Morgan fingerprint density at radius 2 is 2.24 bits per heavy atom. The summed E-state index contributed by atoms with van der Waals surface area (Å²) in [6.07, 6.45) is 0. The Balaban J connectivity index is 3.26. The first-order chi connectivity index (χ1) is 8.01. The van der Waals surface area contributed by atoms with Gasteiger partial charge in [-0.3, -0.25) is 10.1 Å². The molecule has 0 unspecified atom stereocenters. The molecule has 0 saturated carbocycles. The third-order valence-electron chi connectivity index (χ3n) is 2.30. The SMILES string of the molecule is COC(=O)c1ccc([C@H](N)CN)c([N+](=O)[O-])c1. The molecule has 0 amide bonds. The third-order valence-corrected chi connectivity index (χ3v) is 2.30. The molecule has 1 atom stereocenters. The highest BCUT2D eigenvalue weighted by atomic mass is 16.6. The van der Waals surface area contributed by atoms with Gasteiger partial charge in [0.2, 0.25) is 0 Å². The Morgan fingerprint density at radius 1 is 1.59 bits per heavy atom. The lowest BCUT2D eigenvalue weighted by Crippen LogP contribution is -2.22. The van der Waals surface area contributed by atoms with Crippen molar-refractivity contribution in [2.45, 2.75) is 6.04 Å². The maximum atomic E-state index is 11.2. The van der Waals surface area contributed by atoms with Crippen LogP contribution in [0.2, 0.25) is 0 Å². The van der Waals surface area contributed by atoms with Crippen LogP contribution in [-0.2, 0) is 4.74 Å². The van der Waals surface area contributed by atoms with Gasteiger partial charge in [0.05, 0.1) is 17.6 Å². The summed E-state index contributed by atoms with van der Waals surface area (Å²) in [5.41, 5.74) is 11.2. The molecule has 0 saturated heterocycles. The maximum Gasteiger partial charge on any atom is 0.338 e. The summed E-state index contributed by atoms with van der Waals surface area (Å²) in [7, 11) is 1.20. The van der Waals surface area contributed by atoms with Crippen molar-refractivity contribution in [1.29, 1.82) is 0 Å². The first-order valence-electron chi connectivity index (χ1n) is 4.83. The lowest BCUT2D eigenvalue weighted by molar-refractivity contribution is -0.385. The molecule has 4 N–H and O–H groups in total. The summed E-state index contributed by atoms with van der Waals surface area (Å²) in [5, 5.41) is 10.9. The second-order valence-corrected chi connectivity index (χ2v) is 3.36. The van der Waals surface area contributed by atoms with E-state index in [9.17, 15) is 14.9 Å². The molecule has 1 aromatic carbocycles. The molecular formula is C10H13N3O4. The summed E-state index contributed by atoms with van der Waals surface area (Å²) in [5.74, 6) is -0.638. The van der Waals surface area contributed by atoms with Gasteiger partial charge in [0.15, 0.2) is 0 Å². The molecule has 1 aromatic rings.